The monoisotopic (exact) mass is 156 g/mol. The van der Waals surface area contributed by atoms with E-state index in [2.05, 4.69) is 41.6 Å². The molecule has 10 heavy (non-hydrogen) atoms. The molecule has 0 heterocycles. The van der Waals surface area contributed by atoms with Crippen molar-refractivity contribution >= 4 is 6.16 Å². The van der Waals surface area contributed by atoms with Gasteiger partial charge in [0, 0.05) is 10.1 Å². The normalized spacial score (nSPS) is 9.00. The molecular formula is CH4N2O7. The van der Waals surface area contributed by atoms with Crippen LogP contribution in [-0.4, -0.2) is 6.16 Å². The zero-order chi connectivity index (χ0) is 7.82. The maximum atomic E-state index is 10.00. The molecule has 0 fully saturated rings. The topological polar surface area (TPSA) is 124 Å². The molecule has 0 aliphatic carbocycles. The van der Waals surface area contributed by atoms with Crippen LogP contribution in [0.2, 0.25) is 0 Å². The van der Waals surface area contributed by atoms with Gasteiger partial charge in [-0.2, -0.15) is 16.6 Å². The van der Waals surface area contributed by atoms with E-state index < -0.39 is 6.16 Å². The van der Waals surface area contributed by atoms with Crippen LogP contribution in [0.3, 0.4) is 0 Å². The first kappa shape index (κ1) is 9.03. The predicted molar refractivity (Wildman–Crippen MR) is 20.3 cm³/mol. The Kier molecular flexibility index (Phi) is 5.56. The smallest absolute Gasteiger partial charge is 0.225 e. The molecule has 0 aromatic carbocycles. The summed E-state index contributed by atoms with van der Waals surface area (Å²) in [5.74, 6) is 8.51. The van der Waals surface area contributed by atoms with Crippen LogP contribution >= 0.6 is 0 Å². The number of hydrogen-bond donors (Lipinski definition) is 2. The number of hydrogen-bond acceptors (Lipinski definition) is 9. The predicted octanol–water partition coefficient (Wildman–Crippen LogP) is -1.39. The largest absolute Gasteiger partial charge is 0.577 e. The van der Waals surface area contributed by atoms with Crippen molar-refractivity contribution in [1.82, 2.24) is 0 Å². The summed E-state index contributed by atoms with van der Waals surface area (Å²) in [7, 11) is 0. The zero-order valence-electron chi connectivity index (χ0n) is 4.51. The second-order valence-corrected chi connectivity index (χ2v) is 0.745. The van der Waals surface area contributed by atoms with Gasteiger partial charge in [-0.15, -0.1) is 9.98 Å². The van der Waals surface area contributed by atoms with Gasteiger partial charge in [0.2, 0.25) is 0 Å². The molecule has 0 aliphatic rings. The molecule has 60 valence electrons. The Balaban J connectivity index is 3.09. The van der Waals surface area contributed by atoms with Crippen LogP contribution in [0, 0.1) is 0 Å². The van der Waals surface area contributed by atoms with Gasteiger partial charge in [-0.25, -0.2) is 9.78 Å². The van der Waals surface area contributed by atoms with Gasteiger partial charge in [-0.05, 0) is 0 Å². The summed E-state index contributed by atoms with van der Waals surface area (Å²) >= 11 is 0. The highest BCUT2D eigenvalue weighted by Gasteiger charge is 2.06. The Morgan fingerprint density at radius 1 is 1.00 bits per heavy atom. The zero-order valence-corrected chi connectivity index (χ0v) is 4.51. The fourth-order valence-electron chi connectivity index (χ4n) is 0.109. The third-order valence-corrected chi connectivity index (χ3v) is 0.283. The molecule has 0 radical (unpaired) electrons. The van der Waals surface area contributed by atoms with Crippen LogP contribution in [-0.2, 0) is 29.8 Å². The number of carbonyl (C=O) groups is 1. The molecule has 0 atom stereocenters. The maximum absolute atomic E-state index is 10.00. The van der Waals surface area contributed by atoms with E-state index in [9.17, 15) is 4.79 Å². The molecule has 0 rings (SSSR count). The van der Waals surface area contributed by atoms with Gasteiger partial charge in [-0.3, -0.25) is 0 Å². The van der Waals surface area contributed by atoms with E-state index >= 15 is 0 Å². The van der Waals surface area contributed by atoms with Gasteiger partial charge in [0.25, 0.3) is 0 Å². The van der Waals surface area contributed by atoms with E-state index in [0.29, 0.717) is 0 Å². The molecule has 0 amide bonds. The minimum absolute atomic E-state index is 1.41. The molecule has 0 unspecified atom stereocenters. The van der Waals surface area contributed by atoms with Crippen molar-refractivity contribution < 1.29 is 34.6 Å². The van der Waals surface area contributed by atoms with Crippen LogP contribution in [0.1, 0.15) is 0 Å². The molecule has 0 saturated heterocycles. The Hall–Kier alpha value is -0.970. The summed E-state index contributed by atoms with van der Waals surface area (Å²) in [6.07, 6.45) is -1.41. The van der Waals surface area contributed by atoms with Crippen molar-refractivity contribution in [2.75, 3.05) is 0 Å². The van der Waals surface area contributed by atoms with E-state index in [1.807, 2.05) is 0 Å². The summed E-state index contributed by atoms with van der Waals surface area (Å²) in [6, 6.07) is 0. The van der Waals surface area contributed by atoms with Crippen molar-refractivity contribution in [2.24, 2.45) is 11.8 Å². The average Bonchev–Trinajstić information content (AvgIpc) is 1.97. The molecule has 9 heteroatoms. The highest BCUT2D eigenvalue weighted by molar-refractivity contribution is 5.57. The SMILES string of the molecule is NOOOC(=O)OOON. The molecule has 9 nitrogen and oxygen atoms in total. The molecule has 0 aliphatic heterocycles. The molecule has 4 N–H and O–H groups in total. The number of nitrogens with two attached hydrogens (primary N) is 2. The van der Waals surface area contributed by atoms with Gasteiger partial charge in [0.1, 0.15) is 0 Å². The quantitative estimate of drug-likeness (QED) is 0.373. The van der Waals surface area contributed by atoms with Gasteiger partial charge in [-0.1, -0.05) is 0 Å². The van der Waals surface area contributed by atoms with Crippen LogP contribution in [0.25, 0.3) is 0 Å². The minimum Gasteiger partial charge on any atom is -0.225 e. The van der Waals surface area contributed by atoms with Crippen LogP contribution < -0.4 is 11.8 Å². The number of rotatable bonds is 4. The van der Waals surface area contributed by atoms with E-state index in [4.69, 9.17) is 0 Å². The third-order valence-electron chi connectivity index (χ3n) is 0.283. The van der Waals surface area contributed by atoms with Crippen LogP contribution in [0.5, 0.6) is 0 Å². The van der Waals surface area contributed by atoms with E-state index in [-0.39, 0.29) is 0 Å². The Bertz CT molecular complexity index is 83.6. The Morgan fingerprint density at radius 3 is 1.70 bits per heavy atom. The van der Waals surface area contributed by atoms with E-state index in [1.54, 1.807) is 0 Å². The molecule has 0 aromatic rings. The van der Waals surface area contributed by atoms with Crippen molar-refractivity contribution in [3.8, 4) is 0 Å². The second kappa shape index (κ2) is 6.15. The fourth-order valence-corrected chi connectivity index (χ4v) is 0.109. The highest BCUT2D eigenvalue weighted by Crippen LogP contribution is 1.85. The Labute approximate surface area is 53.9 Å². The van der Waals surface area contributed by atoms with Gasteiger partial charge >= 0.3 is 6.16 Å². The highest BCUT2D eigenvalue weighted by atomic mass is 17.6. The summed E-state index contributed by atoms with van der Waals surface area (Å²) in [6.45, 7) is 0. The average molecular weight is 156 g/mol. The Morgan fingerprint density at radius 2 is 1.40 bits per heavy atom. The van der Waals surface area contributed by atoms with Crippen LogP contribution in [0.4, 0.5) is 4.79 Å². The third kappa shape index (κ3) is 5.17. The van der Waals surface area contributed by atoms with Crippen molar-refractivity contribution in [1.29, 1.82) is 0 Å². The lowest BCUT2D eigenvalue weighted by molar-refractivity contribution is -0.531. The molecule has 0 spiro atoms. The van der Waals surface area contributed by atoms with Gasteiger partial charge < -0.3 is 0 Å². The molecular weight excluding hydrogens is 152 g/mol. The van der Waals surface area contributed by atoms with E-state index in [1.165, 1.54) is 0 Å². The first-order valence-corrected chi connectivity index (χ1v) is 1.75. The summed E-state index contributed by atoms with van der Waals surface area (Å²) in [5.41, 5.74) is 0. The van der Waals surface area contributed by atoms with Crippen molar-refractivity contribution in [2.45, 2.75) is 0 Å². The molecule has 0 bridgehead atoms. The lowest BCUT2D eigenvalue weighted by Crippen LogP contribution is -2.12. The maximum Gasteiger partial charge on any atom is 0.577 e. The van der Waals surface area contributed by atoms with Gasteiger partial charge in [0.05, 0.1) is 0 Å². The summed E-state index contributed by atoms with van der Waals surface area (Å²) in [5, 5.41) is 6.84. The lowest BCUT2D eigenvalue weighted by Gasteiger charge is -1.95. The second-order valence-electron chi connectivity index (χ2n) is 0.745. The fraction of sp³-hybridized carbons (Fsp3) is 0. The van der Waals surface area contributed by atoms with E-state index in [0.717, 1.165) is 0 Å². The van der Waals surface area contributed by atoms with Crippen LogP contribution in [0.15, 0.2) is 0 Å². The molecule has 0 saturated carbocycles. The number of carbonyl (C=O) groups excluding carboxylic acids is 1. The standard InChI is InChI=1S/CH4N2O7/c2-7-9-5-1(4)6-10-8-3/h2-3H2. The summed E-state index contributed by atoms with van der Waals surface area (Å²) < 4.78 is 0. The van der Waals surface area contributed by atoms with Crippen molar-refractivity contribution in [3.63, 3.8) is 0 Å². The lowest BCUT2D eigenvalue weighted by atomic mass is 11.4. The van der Waals surface area contributed by atoms with Crippen molar-refractivity contribution in [3.05, 3.63) is 0 Å². The summed E-state index contributed by atoms with van der Waals surface area (Å²) in [4.78, 5) is 23.7. The molecule has 0 aromatic heterocycles. The first-order chi connectivity index (χ1) is 4.81. The van der Waals surface area contributed by atoms with Gasteiger partial charge in [0.15, 0.2) is 0 Å². The first-order valence-electron chi connectivity index (χ1n) is 1.75. The minimum atomic E-state index is -1.41.